The zero-order valence-electron chi connectivity index (χ0n) is 19.1. The monoisotopic (exact) mass is 447 g/mol. The van der Waals surface area contributed by atoms with Gasteiger partial charge in [0.2, 0.25) is 0 Å². The summed E-state index contributed by atoms with van der Waals surface area (Å²) in [5, 5.41) is 3.37. The molecule has 0 amide bonds. The molecule has 0 spiro atoms. The molecular weight excluding hydrogens is 418 g/mol. The van der Waals surface area contributed by atoms with E-state index in [-0.39, 0.29) is 5.92 Å². The van der Waals surface area contributed by atoms with Crippen molar-refractivity contribution < 1.29 is 9.47 Å². The summed E-state index contributed by atoms with van der Waals surface area (Å²) in [6.07, 6.45) is 3.84. The molecule has 0 radical (unpaired) electrons. The van der Waals surface area contributed by atoms with Crippen molar-refractivity contribution in [2.45, 2.75) is 37.5 Å². The van der Waals surface area contributed by atoms with Crippen LogP contribution in [0.25, 0.3) is 0 Å². The van der Waals surface area contributed by atoms with Gasteiger partial charge >= 0.3 is 0 Å². The summed E-state index contributed by atoms with van der Waals surface area (Å²) in [7, 11) is 1.67. The third-order valence-electron chi connectivity index (χ3n) is 4.59. The molecule has 1 aromatic heterocycles. The zero-order chi connectivity index (χ0) is 22.9. The minimum absolute atomic E-state index is 0.196. The number of pyridine rings is 1. The molecule has 0 aliphatic heterocycles. The molecule has 0 fully saturated rings. The van der Waals surface area contributed by atoms with Gasteiger partial charge in [-0.25, -0.2) is 9.98 Å². The molecule has 0 bridgehead atoms. The topological polar surface area (TPSA) is 55.7 Å². The number of hydrogen-bond donors (Lipinski definition) is 1. The highest BCUT2D eigenvalue weighted by Crippen LogP contribution is 2.37. The maximum Gasteiger partial charge on any atom is 0.197 e. The van der Waals surface area contributed by atoms with E-state index in [1.165, 1.54) is 0 Å². The van der Waals surface area contributed by atoms with Gasteiger partial charge in [0.1, 0.15) is 17.3 Å². The first kappa shape index (κ1) is 23.4. The highest BCUT2D eigenvalue weighted by Gasteiger charge is 2.13. The number of ether oxygens (including phenoxy) is 2. The van der Waals surface area contributed by atoms with Crippen LogP contribution in [0.5, 0.6) is 17.2 Å². The molecule has 1 heterocycles. The molecule has 166 valence electrons. The molecule has 6 heteroatoms. The Morgan fingerprint density at radius 1 is 1.03 bits per heavy atom. The summed E-state index contributed by atoms with van der Waals surface area (Å²) in [6, 6.07) is 19.6. The largest absolute Gasteiger partial charge is 0.497 e. The minimum atomic E-state index is 0.196. The lowest BCUT2D eigenvalue weighted by Gasteiger charge is -2.15. The Hall–Kier alpha value is -3.25. The zero-order valence-corrected chi connectivity index (χ0v) is 19.9. The minimum Gasteiger partial charge on any atom is -0.497 e. The molecule has 3 aromatic rings. The molecular formula is C26H29N3O2S. The van der Waals surface area contributed by atoms with E-state index in [9.17, 15) is 0 Å². The number of allylic oxidation sites excluding steroid dienone is 2. The number of aliphatic imine (C=N–C) groups is 1. The van der Waals surface area contributed by atoms with Crippen molar-refractivity contribution in [3.05, 3.63) is 78.6 Å². The molecule has 3 rings (SSSR count). The van der Waals surface area contributed by atoms with Gasteiger partial charge in [0.25, 0.3) is 0 Å². The number of para-hydroxylation sites is 1. The van der Waals surface area contributed by atoms with Gasteiger partial charge in [-0.15, -0.1) is 0 Å². The summed E-state index contributed by atoms with van der Waals surface area (Å²) >= 11 is 1.59. The van der Waals surface area contributed by atoms with Crippen LogP contribution in [0.15, 0.2) is 93.4 Å². The summed E-state index contributed by atoms with van der Waals surface area (Å²) in [6.45, 7) is 8.20. The molecule has 0 aliphatic carbocycles. The van der Waals surface area contributed by atoms with E-state index >= 15 is 0 Å². The fraction of sp³-hybridized carbons (Fsp3) is 0.231. The molecule has 0 aliphatic rings. The highest BCUT2D eigenvalue weighted by atomic mass is 32.2. The van der Waals surface area contributed by atoms with Crippen molar-refractivity contribution in [1.82, 2.24) is 10.3 Å². The van der Waals surface area contributed by atoms with Crippen molar-refractivity contribution in [2.24, 2.45) is 10.9 Å². The Kier molecular flexibility index (Phi) is 8.34. The number of amidine groups is 1. The fourth-order valence-electron chi connectivity index (χ4n) is 2.74. The van der Waals surface area contributed by atoms with Gasteiger partial charge in [-0.1, -0.05) is 56.0 Å². The van der Waals surface area contributed by atoms with Gasteiger partial charge < -0.3 is 14.8 Å². The molecule has 5 nitrogen and oxygen atoms in total. The van der Waals surface area contributed by atoms with Crippen LogP contribution in [0.2, 0.25) is 0 Å². The van der Waals surface area contributed by atoms with Crippen LogP contribution >= 0.6 is 11.8 Å². The van der Waals surface area contributed by atoms with E-state index in [0.29, 0.717) is 11.6 Å². The number of aromatic nitrogens is 1. The summed E-state index contributed by atoms with van der Waals surface area (Å²) in [4.78, 5) is 11.5. The molecule has 32 heavy (non-hydrogen) atoms. The van der Waals surface area contributed by atoms with Crippen LogP contribution in [-0.2, 0) is 0 Å². The van der Waals surface area contributed by atoms with Crippen LogP contribution in [0, 0.1) is 5.92 Å². The van der Waals surface area contributed by atoms with Crippen molar-refractivity contribution in [3.8, 4) is 17.2 Å². The smallest absolute Gasteiger partial charge is 0.197 e. The number of rotatable bonds is 8. The summed E-state index contributed by atoms with van der Waals surface area (Å²) in [5.41, 5.74) is 1.04. The highest BCUT2D eigenvalue weighted by molar-refractivity contribution is 7.99. The van der Waals surface area contributed by atoms with Crippen molar-refractivity contribution >= 4 is 23.4 Å². The SMILES string of the molecule is C/C=C(/C)N/C(=N/c1ncc(Sc2cccc(OC)c2)cc1Oc1ccccc1)C(C)C. The van der Waals surface area contributed by atoms with Crippen LogP contribution < -0.4 is 14.8 Å². The number of nitrogens with zero attached hydrogens (tertiary/aromatic N) is 2. The molecule has 2 aromatic carbocycles. The van der Waals surface area contributed by atoms with E-state index in [4.69, 9.17) is 14.5 Å². The van der Waals surface area contributed by atoms with Crippen molar-refractivity contribution in [3.63, 3.8) is 0 Å². The average Bonchev–Trinajstić information content (AvgIpc) is 2.80. The van der Waals surface area contributed by atoms with E-state index in [1.807, 2.05) is 86.8 Å². The maximum absolute atomic E-state index is 6.19. The van der Waals surface area contributed by atoms with E-state index in [2.05, 4.69) is 24.1 Å². The number of nitrogens with one attached hydrogen (secondary N) is 1. The Morgan fingerprint density at radius 2 is 1.78 bits per heavy atom. The lowest BCUT2D eigenvalue weighted by molar-refractivity contribution is 0.413. The second-order valence-electron chi connectivity index (χ2n) is 7.44. The first-order chi connectivity index (χ1) is 15.5. The number of hydrogen-bond acceptors (Lipinski definition) is 5. The van der Waals surface area contributed by atoms with Crippen molar-refractivity contribution in [2.75, 3.05) is 7.11 Å². The maximum atomic E-state index is 6.19. The third kappa shape index (κ3) is 6.62. The van der Waals surface area contributed by atoms with Crippen molar-refractivity contribution in [1.29, 1.82) is 0 Å². The van der Waals surface area contributed by atoms with Gasteiger partial charge in [0.05, 0.1) is 7.11 Å². The lowest BCUT2D eigenvalue weighted by Crippen LogP contribution is -2.26. The summed E-state index contributed by atoms with van der Waals surface area (Å²) < 4.78 is 11.5. The predicted octanol–water partition coefficient (Wildman–Crippen LogP) is 7.23. The normalized spacial score (nSPS) is 12.1. The average molecular weight is 448 g/mol. The van der Waals surface area contributed by atoms with Crippen LogP contribution in [0.3, 0.4) is 0 Å². The van der Waals surface area contributed by atoms with Crippen LogP contribution in [0.4, 0.5) is 5.82 Å². The Morgan fingerprint density at radius 3 is 2.47 bits per heavy atom. The Balaban J connectivity index is 1.99. The Bertz CT molecular complexity index is 1100. The molecule has 0 atom stereocenters. The third-order valence-corrected chi connectivity index (χ3v) is 5.54. The standard InChI is InChI=1S/C26H29N3O2S/c1-6-19(4)28-25(18(2)3)29-26-24(31-20-11-8-7-9-12-20)16-23(17-27-26)32-22-14-10-13-21(15-22)30-5/h6-18H,1-5H3,(H,27,28,29)/b19-6-. The predicted molar refractivity (Wildman–Crippen MR) is 132 cm³/mol. The van der Waals surface area contributed by atoms with Gasteiger partial charge in [0, 0.05) is 33.7 Å². The second kappa shape index (κ2) is 11.4. The van der Waals surface area contributed by atoms with Crippen LogP contribution in [0.1, 0.15) is 27.7 Å². The van der Waals surface area contributed by atoms with Gasteiger partial charge in [-0.2, -0.15) is 0 Å². The summed E-state index contributed by atoms with van der Waals surface area (Å²) in [5.74, 6) is 3.71. The van der Waals surface area contributed by atoms with E-state index < -0.39 is 0 Å². The molecule has 0 saturated heterocycles. The van der Waals surface area contributed by atoms with Gasteiger partial charge in [-0.05, 0) is 44.2 Å². The Labute approximate surface area is 194 Å². The van der Waals surface area contributed by atoms with E-state index in [1.54, 1.807) is 18.9 Å². The molecule has 0 unspecified atom stereocenters. The fourth-order valence-corrected chi connectivity index (χ4v) is 3.61. The molecule has 1 N–H and O–H groups in total. The van der Waals surface area contributed by atoms with Gasteiger partial charge in [-0.3, -0.25) is 0 Å². The first-order valence-electron chi connectivity index (χ1n) is 10.5. The van der Waals surface area contributed by atoms with Crippen LogP contribution in [-0.4, -0.2) is 17.9 Å². The molecule has 0 saturated carbocycles. The second-order valence-corrected chi connectivity index (χ2v) is 8.58. The first-order valence-corrected chi connectivity index (χ1v) is 11.3. The number of benzene rings is 2. The van der Waals surface area contributed by atoms with E-state index in [0.717, 1.165) is 32.8 Å². The number of methoxy groups -OCH3 is 1. The van der Waals surface area contributed by atoms with Gasteiger partial charge in [0.15, 0.2) is 11.6 Å². The quantitative estimate of drug-likeness (QED) is 0.291. The lowest BCUT2D eigenvalue weighted by atomic mass is 10.2.